The van der Waals surface area contributed by atoms with Crippen molar-refractivity contribution in [2.24, 2.45) is 0 Å². The lowest BCUT2D eigenvalue weighted by molar-refractivity contribution is -0.168. The summed E-state index contributed by atoms with van der Waals surface area (Å²) < 4.78 is 53.7. The van der Waals surface area contributed by atoms with Crippen LogP contribution in [0.25, 0.3) is 0 Å². The van der Waals surface area contributed by atoms with Crippen LogP contribution >= 0.6 is 15.9 Å². The number of ether oxygens (including phenoxy) is 1. The van der Waals surface area contributed by atoms with Crippen LogP contribution in [-0.2, 0) is 11.3 Å². The van der Waals surface area contributed by atoms with E-state index >= 15 is 0 Å². The number of aryl methyl sites for hydroxylation is 1. The largest absolute Gasteiger partial charge is 0.383 e. The Kier molecular flexibility index (Phi) is 4.85. The highest BCUT2D eigenvalue weighted by Gasteiger charge is 2.41. The van der Waals surface area contributed by atoms with Crippen molar-refractivity contribution in [3.8, 4) is 0 Å². The molecule has 0 aliphatic rings. The van der Waals surface area contributed by atoms with Crippen molar-refractivity contribution in [2.75, 3.05) is 12.3 Å². The zero-order valence-electron chi connectivity index (χ0n) is 9.26. The van der Waals surface area contributed by atoms with Gasteiger partial charge < -0.3 is 10.5 Å². The van der Waals surface area contributed by atoms with Crippen LogP contribution in [-0.4, -0.2) is 28.9 Å². The van der Waals surface area contributed by atoms with Crippen LogP contribution in [0.5, 0.6) is 0 Å². The fourth-order valence-electron chi connectivity index (χ4n) is 1.05. The Labute approximate surface area is 109 Å². The minimum absolute atomic E-state index is 0.0540. The molecule has 9 heteroatoms. The average molecular weight is 332 g/mol. The van der Waals surface area contributed by atoms with E-state index in [4.69, 9.17) is 5.73 Å². The molecule has 18 heavy (non-hydrogen) atoms. The lowest BCUT2D eigenvalue weighted by Crippen LogP contribution is -2.32. The van der Waals surface area contributed by atoms with Crippen LogP contribution in [0, 0.1) is 6.92 Å². The molecule has 0 bridgehead atoms. The van der Waals surface area contributed by atoms with Gasteiger partial charge in [0.1, 0.15) is 19.0 Å². The van der Waals surface area contributed by atoms with E-state index in [-0.39, 0.29) is 11.6 Å². The van der Waals surface area contributed by atoms with Crippen LogP contribution in [0.1, 0.15) is 11.5 Å². The van der Waals surface area contributed by atoms with Crippen molar-refractivity contribution in [3.63, 3.8) is 0 Å². The molecule has 102 valence electrons. The monoisotopic (exact) mass is 331 g/mol. The highest BCUT2D eigenvalue weighted by Crippen LogP contribution is 2.24. The van der Waals surface area contributed by atoms with E-state index in [2.05, 4.69) is 30.6 Å². The number of hydrogen-bond acceptors (Lipinski definition) is 4. The second-order valence-corrected chi connectivity index (χ2v) is 4.27. The maximum atomic E-state index is 12.5. The first-order chi connectivity index (χ1) is 8.24. The molecular weight excluding hydrogens is 322 g/mol. The van der Waals surface area contributed by atoms with Crippen molar-refractivity contribution >= 4 is 21.7 Å². The van der Waals surface area contributed by atoms with E-state index in [9.17, 15) is 17.6 Å². The fourth-order valence-corrected chi connectivity index (χ4v) is 1.22. The van der Waals surface area contributed by atoms with Gasteiger partial charge in [-0.05, 0) is 22.9 Å². The van der Waals surface area contributed by atoms with Gasteiger partial charge in [0.25, 0.3) is 0 Å². The molecule has 0 aromatic carbocycles. The first-order valence-electron chi connectivity index (χ1n) is 4.76. The van der Waals surface area contributed by atoms with Gasteiger partial charge in [-0.15, -0.1) is 0 Å². The Morgan fingerprint density at radius 3 is 2.50 bits per heavy atom. The zero-order chi connectivity index (χ0) is 13.9. The highest BCUT2D eigenvalue weighted by atomic mass is 79.9. The van der Waals surface area contributed by atoms with E-state index in [0.29, 0.717) is 10.2 Å². The molecule has 0 atom stereocenters. The maximum absolute atomic E-state index is 12.5. The van der Waals surface area contributed by atoms with Crippen LogP contribution in [0.4, 0.5) is 23.4 Å². The van der Waals surface area contributed by atoms with E-state index in [0.717, 1.165) is 0 Å². The molecule has 0 aliphatic carbocycles. The first kappa shape index (κ1) is 15.1. The molecule has 0 saturated carbocycles. The normalized spacial score (nSPS) is 12.2. The van der Waals surface area contributed by atoms with Crippen molar-refractivity contribution in [1.29, 1.82) is 0 Å². The summed E-state index contributed by atoms with van der Waals surface area (Å²) in [5.41, 5.74) is 6.01. The maximum Gasteiger partial charge on any atom is 0.330 e. The van der Waals surface area contributed by atoms with Crippen LogP contribution in [0.3, 0.4) is 0 Å². The van der Waals surface area contributed by atoms with Gasteiger partial charge in [0.15, 0.2) is 5.82 Å². The van der Waals surface area contributed by atoms with Gasteiger partial charge in [-0.2, -0.15) is 8.78 Å². The van der Waals surface area contributed by atoms with E-state index < -0.39 is 25.6 Å². The molecule has 0 spiro atoms. The molecule has 0 aliphatic heterocycles. The summed E-state index contributed by atoms with van der Waals surface area (Å²) >= 11 is 3.12. The summed E-state index contributed by atoms with van der Waals surface area (Å²) in [6, 6.07) is 0. The third-order valence-corrected chi connectivity index (χ3v) is 2.91. The second kappa shape index (κ2) is 5.79. The van der Waals surface area contributed by atoms with Crippen molar-refractivity contribution in [1.82, 2.24) is 9.97 Å². The molecule has 0 amide bonds. The molecular formula is C9H10BrF4N3O. The van der Waals surface area contributed by atoms with E-state index in [1.54, 1.807) is 6.92 Å². The number of aromatic nitrogens is 2. The molecule has 1 aromatic heterocycles. The lowest BCUT2D eigenvalue weighted by Gasteiger charge is -2.15. The number of alkyl halides is 4. The Bertz CT molecular complexity index is 407. The SMILES string of the molecule is Cc1nc(COCC(F)(F)C(F)F)nc(N)c1Br. The van der Waals surface area contributed by atoms with Crippen LogP contribution < -0.4 is 5.73 Å². The number of nitrogens with two attached hydrogens (primary N) is 1. The van der Waals surface area contributed by atoms with E-state index in [1.165, 1.54) is 0 Å². The van der Waals surface area contributed by atoms with Crippen LogP contribution in [0.2, 0.25) is 0 Å². The molecule has 2 N–H and O–H groups in total. The third-order valence-electron chi connectivity index (χ3n) is 1.93. The van der Waals surface area contributed by atoms with Crippen molar-refractivity contribution in [2.45, 2.75) is 25.9 Å². The number of anilines is 1. The number of halogens is 5. The van der Waals surface area contributed by atoms with Gasteiger partial charge in [-0.25, -0.2) is 18.7 Å². The van der Waals surface area contributed by atoms with Gasteiger partial charge in [0, 0.05) is 0 Å². The van der Waals surface area contributed by atoms with Gasteiger partial charge >= 0.3 is 12.3 Å². The Morgan fingerprint density at radius 2 is 2.00 bits per heavy atom. The Balaban J connectivity index is 2.60. The summed E-state index contributed by atoms with van der Waals surface area (Å²) in [5.74, 6) is -4.00. The number of nitrogens with zero attached hydrogens (tertiary/aromatic N) is 2. The van der Waals surface area contributed by atoms with Gasteiger partial charge in [0.2, 0.25) is 0 Å². The Morgan fingerprint density at radius 1 is 1.39 bits per heavy atom. The standard InChI is InChI=1S/C9H10BrF4N3O/c1-4-6(10)7(15)17-5(16-4)2-18-3-9(13,14)8(11)12/h8H,2-3H2,1H3,(H2,15,16,17). The highest BCUT2D eigenvalue weighted by molar-refractivity contribution is 9.10. The topological polar surface area (TPSA) is 61.0 Å². The van der Waals surface area contributed by atoms with Crippen LogP contribution in [0.15, 0.2) is 4.47 Å². The quantitative estimate of drug-likeness (QED) is 0.842. The zero-order valence-corrected chi connectivity index (χ0v) is 10.8. The molecule has 0 radical (unpaired) electrons. The molecule has 4 nitrogen and oxygen atoms in total. The van der Waals surface area contributed by atoms with Gasteiger partial charge in [-0.3, -0.25) is 0 Å². The molecule has 1 heterocycles. The fraction of sp³-hybridized carbons (Fsp3) is 0.556. The summed E-state index contributed by atoms with van der Waals surface area (Å²) in [5, 5.41) is 0. The molecule has 0 unspecified atom stereocenters. The third kappa shape index (κ3) is 3.77. The molecule has 1 aromatic rings. The number of hydrogen-bond donors (Lipinski definition) is 1. The van der Waals surface area contributed by atoms with Crippen molar-refractivity contribution < 1.29 is 22.3 Å². The van der Waals surface area contributed by atoms with Gasteiger partial charge in [0.05, 0.1) is 10.2 Å². The number of nitrogen functional groups attached to an aromatic ring is 1. The molecule has 1 rings (SSSR count). The molecule has 0 fully saturated rings. The summed E-state index contributed by atoms with van der Waals surface area (Å²) in [7, 11) is 0. The van der Waals surface area contributed by atoms with Crippen molar-refractivity contribution in [3.05, 3.63) is 16.0 Å². The Hall–Kier alpha value is -0.960. The average Bonchev–Trinajstić information content (AvgIpc) is 2.25. The minimum atomic E-state index is -4.18. The lowest BCUT2D eigenvalue weighted by atomic mass is 10.4. The van der Waals surface area contributed by atoms with Gasteiger partial charge in [-0.1, -0.05) is 0 Å². The predicted molar refractivity (Wildman–Crippen MR) is 59.5 cm³/mol. The summed E-state index contributed by atoms with van der Waals surface area (Å²) in [6.07, 6.45) is -3.77. The second-order valence-electron chi connectivity index (χ2n) is 3.48. The minimum Gasteiger partial charge on any atom is -0.383 e. The summed E-state index contributed by atoms with van der Waals surface area (Å²) in [6.45, 7) is -0.191. The summed E-state index contributed by atoms with van der Waals surface area (Å²) in [4.78, 5) is 7.66. The number of rotatable bonds is 5. The van der Waals surface area contributed by atoms with E-state index in [1.807, 2.05) is 0 Å². The predicted octanol–water partition coefficient (Wildman–Crippen LogP) is 2.55. The molecule has 0 saturated heterocycles. The smallest absolute Gasteiger partial charge is 0.330 e. The first-order valence-corrected chi connectivity index (χ1v) is 5.55.